The van der Waals surface area contributed by atoms with Gasteiger partial charge in [-0.1, -0.05) is 66.6 Å². The average molecular weight is 576 g/mol. The lowest BCUT2D eigenvalue weighted by molar-refractivity contribution is -0.611. The van der Waals surface area contributed by atoms with Crippen LogP contribution in [0.4, 0.5) is 17.3 Å². The van der Waals surface area contributed by atoms with Gasteiger partial charge in [0.25, 0.3) is 5.91 Å². The molecule has 0 saturated heterocycles. The molecule has 2 rings (SSSR count). The molecule has 0 spiro atoms. The topological polar surface area (TPSA) is 105 Å². The number of carbonyl (C=O) groups is 1. The molecule has 4 N–H and O–H groups in total. The van der Waals surface area contributed by atoms with Gasteiger partial charge in [0.1, 0.15) is 5.16 Å². The Labute approximate surface area is 224 Å². The zero-order valence-corrected chi connectivity index (χ0v) is 25.6. The van der Waals surface area contributed by atoms with Crippen LogP contribution in [0, 0.1) is 5.92 Å². The van der Waals surface area contributed by atoms with Gasteiger partial charge >= 0.3 is 11.6 Å². The zero-order chi connectivity index (χ0) is 27.6. The predicted octanol–water partition coefficient (Wildman–Crippen LogP) is 7.19. The number of aromatic nitrogens is 2. The second kappa shape index (κ2) is 20.0. The fraction of sp³-hybridized carbons (Fsp3) is 0.560. The number of thioether (sulfide) groups is 1. The Bertz CT molecular complexity index is 883. The lowest BCUT2D eigenvalue weighted by Gasteiger charge is -2.15. The van der Waals surface area contributed by atoms with E-state index in [1.54, 1.807) is 38.0 Å². The number of allylic oxidation sites excluding steroid dienone is 1. The van der Waals surface area contributed by atoms with Gasteiger partial charge in [-0.05, 0) is 46.7 Å². The summed E-state index contributed by atoms with van der Waals surface area (Å²) in [6.45, 7) is 19.2. The predicted molar refractivity (Wildman–Crippen MR) is 154 cm³/mol. The highest BCUT2D eigenvalue weighted by Crippen LogP contribution is 2.36. The number of aromatic hydroxyl groups is 1. The third-order valence-corrected chi connectivity index (χ3v) is 5.31. The summed E-state index contributed by atoms with van der Waals surface area (Å²) in [5.41, 5.74) is 0.505. The van der Waals surface area contributed by atoms with Crippen LogP contribution in [0.15, 0.2) is 32.2 Å². The quantitative estimate of drug-likeness (QED) is 0.286. The highest BCUT2D eigenvalue weighted by atomic mass is 79.9. The van der Waals surface area contributed by atoms with E-state index in [-0.39, 0.29) is 17.2 Å². The Morgan fingerprint density at radius 2 is 1.83 bits per heavy atom. The number of halogens is 1. The SMILES string of the molecule is C/C=C(/CNc1[nH+]onc1Nc1ccc(Br)c(C(=O)N(C)C)c1O)SCC.CC.CC.CC(C)C. The van der Waals surface area contributed by atoms with E-state index in [1.165, 1.54) is 9.81 Å². The van der Waals surface area contributed by atoms with Gasteiger partial charge < -0.3 is 15.3 Å². The van der Waals surface area contributed by atoms with Crippen LogP contribution in [0.2, 0.25) is 0 Å². The van der Waals surface area contributed by atoms with E-state index in [0.717, 1.165) is 11.7 Å². The Morgan fingerprint density at radius 1 is 1.26 bits per heavy atom. The molecule has 0 fully saturated rings. The number of hydrogen-bond donors (Lipinski definition) is 3. The minimum atomic E-state index is -0.317. The van der Waals surface area contributed by atoms with Crippen molar-refractivity contribution in [1.29, 1.82) is 0 Å². The maximum atomic E-state index is 12.3. The van der Waals surface area contributed by atoms with Crippen molar-refractivity contribution >= 4 is 50.9 Å². The number of phenols is 1. The summed E-state index contributed by atoms with van der Waals surface area (Å²) >= 11 is 5.06. The summed E-state index contributed by atoms with van der Waals surface area (Å²) in [6, 6.07) is 3.33. The molecule has 0 radical (unpaired) electrons. The number of rotatable bonds is 8. The second-order valence-electron chi connectivity index (χ2n) is 7.42. The molecule has 0 aliphatic heterocycles. The first kappa shape index (κ1) is 35.0. The maximum absolute atomic E-state index is 12.3. The van der Waals surface area contributed by atoms with Crippen molar-refractivity contribution in [3.05, 3.63) is 33.2 Å². The minimum absolute atomic E-state index is 0.169. The van der Waals surface area contributed by atoms with Gasteiger partial charge in [-0.3, -0.25) is 10.1 Å². The van der Waals surface area contributed by atoms with Crippen LogP contribution < -0.4 is 15.8 Å². The number of anilines is 3. The van der Waals surface area contributed by atoms with E-state index in [4.69, 9.17) is 4.63 Å². The maximum Gasteiger partial charge on any atom is 0.328 e. The van der Waals surface area contributed by atoms with Crippen molar-refractivity contribution in [1.82, 2.24) is 10.1 Å². The number of nitrogens with zero attached hydrogens (tertiary/aromatic N) is 2. The number of H-pyrrole nitrogens is 1. The van der Waals surface area contributed by atoms with Crippen LogP contribution in [0.3, 0.4) is 0 Å². The zero-order valence-electron chi connectivity index (χ0n) is 23.2. The van der Waals surface area contributed by atoms with E-state index in [9.17, 15) is 9.90 Å². The standard InChI is InChI=1S/C17H22BrN5O3S.C4H10.2C2H6/c1-5-10(27-6-2)9-19-15-16(22-26-21-15)20-12-8-7-11(18)13(14(12)24)17(25)23(3)4;1-4(2)3;2*1-2/h5,7-8,24H,6,9H2,1-4H3,(H,19,21)(H,20,22);4H,1-3H3;2*1-2H3/p+1/b10-5-;;;. The van der Waals surface area contributed by atoms with Gasteiger partial charge in [0.05, 0.1) is 17.8 Å². The van der Waals surface area contributed by atoms with Gasteiger partial charge in [-0.2, -0.15) is 0 Å². The van der Waals surface area contributed by atoms with E-state index >= 15 is 0 Å². The van der Waals surface area contributed by atoms with Crippen molar-refractivity contribution < 1.29 is 19.7 Å². The van der Waals surface area contributed by atoms with Gasteiger partial charge in [0.15, 0.2) is 5.75 Å². The molecule has 0 unspecified atom stereocenters. The molecule has 1 aromatic carbocycles. The number of hydrogen-bond acceptors (Lipinski definition) is 7. The average Bonchev–Trinajstić information content (AvgIpc) is 3.27. The molecule has 10 heteroatoms. The van der Waals surface area contributed by atoms with Gasteiger partial charge in [0, 0.05) is 23.5 Å². The number of carbonyl (C=O) groups excluding carboxylic acids is 1. The number of phenolic OH excluding ortho intramolecular Hbond substituents is 1. The van der Waals surface area contributed by atoms with Crippen LogP contribution >= 0.6 is 27.7 Å². The molecule has 0 atom stereocenters. The summed E-state index contributed by atoms with van der Waals surface area (Å²) in [4.78, 5) is 14.9. The van der Waals surface area contributed by atoms with Crippen molar-refractivity contribution in [3.63, 3.8) is 0 Å². The van der Waals surface area contributed by atoms with Crippen LogP contribution in [-0.2, 0) is 0 Å². The van der Waals surface area contributed by atoms with E-state index in [0.29, 0.717) is 28.3 Å². The largest absolute Gasteiger partial charge is 0.505 e. The molecule has 2 aromatic rings. The summed E-state index contributed by atoms with van der Waals surface area (Å²) < 4.78 is 5.43. The fourth-order valence-corrected chi connectivity index (χ4v) is 3.43. The van der Waals surface area contributed by atoms with Crippen LogP contribution in [0.25, 0.3) is 0 Å². The van der Waals surface area contributed by atoms with E-state index in [2.05, 4.69) is 64.6 Å². The molecule has 200 valence electrons. The fourth-order valence-electron chi connectivity index (χ4n) is 2.23. The smallest absolute Gasteiger partial charge is 0.328 e. The van der Waals surface area contributed by atoms with Gasteiger partial charge in [0.2, 0.25) is 0 Å². The first-order valence-corrected chi connectivity index (χ1v) is 13.8. The number of benzene rings is 1. The lowest BCUT2D eigenvalue weighted by Crippen LogP contribution is -2.22. The Morgan fingerprint density at radius 3 is 2.31 bits per heavy atom. The molecule has 8 nitrogen and oxygen atoms in total. The Hall–Kier alpha value is -2.20. The minimum Gasteiger partial charge on any atom is -0.505 e. The van der Waals surface area contributed by atoms with Crippen LogP contribution in [0.1, 0.15) is 72.7 Å². The normalized spacial score (nSPS) is 10.1. The highest BCUT2D eigenvalue weighted by Gasteiger charge is 2.23. The van der Waals surface area contributed by atoms with Crippen LogP contribution in [0.5, 0.6) is 5.75 Å². The third-order valence-electron chi connectivity index (χ3n) is 3.61. The summed E-state index contributed by atoms with van der Waals surface area (Å²) in [5, 5.41) is 23.3. The molecular weight excluding hydrogens is 530 g/mol. The van der Waals surface area contributed by atoms with Crippen molar-refractivity contribution in [3.8, 4) is 5.75 Å². The molecule has 35 heavy (non-hydrogen) atoms. The molecule has 0 aliphatic rings. The van der Waals surface area contributed by atoms with Crippen molar-refractivity contribution in [2.24, 2.45) is 5.92 Å². The first-order chi connectivity index (χ1) is 16.6. The third kappa shape index (κ3) is 12.9. The number of nitrogens with one attached hydrogen (secondary N) is 3. The number of amides is 1. The van der Waals surface area contributed by atoms with E-state index < -0.39 is 0 Å². The van der Waals surface area contributed by atoms with E-state index in [1.807, 2.05) is 40.7 Å². The summed E-state index contributed by atoms with van der Waals surface area (Å²) in [6.07, 6.45) is 2.04. The van der Waals surface area contributed by atoms with Crippen molar-refractivity contribution in [2.45, 2.75) is 62.3 Å². The molecule has 0 saturated carbocycles. The molecule has 1 amide bonds. The molecule has 0 aliphatic carbocycles. The number of aromatic amines is 1. The van der Waals surface area contributed by atoms with Crippen LogP contribution in [-0.4, -0.2) is 47.5 Å². The monoisotopic (exact) mass is 574 g/mol. The Kier molecular flexibility index (Phi) is 20.0. The molecule has 1 heterocycles. The molecule has 0 bridgehead atoms. The molecular formula is C25H45BrN5O3S+. The van der Waals surface area contributed by atoms with Crippen molar-refractivity contribution in [2.75, 3.05) is 37.0 Å². The highest BCUT2D eigenvalue weighted by molar-refractivity contribution is 9.10. The Balaban J connectivity index is 0. The van der Waals surface area contributed by atoms with Gasteiger partial charge in [-0.15, -0.1) is 16.4 Å². The lowest BCUT2D eigenvalue weighted by atomic mass is 10.1. The van der Waals surface area contributed by atoms with Gasteiger partial charge in [-0.25, -0.2) is 0 Å². The first-order valence-electron chi connectivity index (χ1n) is 12.0. The summed E-state index contributed by atoms with van der Waals surface area (Å²) in [5.74, 6) is 2.23. The second-order valence-corrected chi connectivity index (χ2v) is 9.67. The summed E-state index contributed by atoms with van der Waals surface area (Å²) in [7, 11) is 3.24. The molecule has 1 aromatic heterocycles.